The molecule has 1 aromatic carbocycles. The van der Waals surface area contributed by atoms with Gasteiger partial charge in [-0.2, -0.15) is 13.2 Å². The number of halogens is 3. The number of hydrogen-bond acceptors (Lipinski definition) is 3. The van der Waals surface area contributed by atoms with Crippen LogP contribution < -0.4 is 0 Å². The summed E-state index contributed by atoms with van der Waals surface area (Å²) in [7, 11) is 0. The van der Waals surface area contributed by atoms with E-state index in [0.29, 0.717) is 19.5 Å². The van der Waals surface area contributed by atoms with Gasteiger partial charge < -0.3 is 4.90 Å². The maximum absolute atomic E-state index is 12.8. The Hall–Kier alpha value is -3.22. The van der Waals surface area contributed by atoms with Crippen LogP contribution in [0.2, 0.25) is 0 Å². The second-order valence-corrected chi connectivity index (χ2v) is 8.24. The van der Waals surface area contributed by atoms with Gasteiger partial charge in [0.2, 0.25) is 5.91 Å². The van der Waals surface area contributed by atoms with E-state index in [1.165, 1.54) is 12.1 Å². The number of carbonyl (C=O) groups excluding carboxylic acids is 1. The third-order valence-corrected chi connectivity index (χ3v) is 5.74. The Kier molecular flexibility index (Phi) is 6.26. The van der Waals surface area contributed by atoms with Crippen molar-refractivity contribution in [2.45, 2.75) is 38.3 Å². The van der Waals surface area contributed by atoms with Crippen molar-refractivity contribution >= 4 is 5.91 Å². The molecule has 4 nitrogen and oxygen atoms in total. The van der Waals surface area contributed by atoms with E-state index in [1.807, 2.05) is 42.2 Å². The first-order chi connectivity index (χ1) is 15.3. The summed E-state index contributed by atoms with van der Waals surface area (Å²) in [4.78, 5) is 23.4. The molecule has 0 bridgehead atoms. The molecule has 4 rings (SSSR count). The highest BCUT2D eigenvalue weighted by Crippen LogP contribution is 2.30. The average Bonchev–Trinajstić information content (AvgIpc) is 3.24. The number of amides is 1. The molecule has 1 saturated heterocycles. The van der Waals surface area contributed by atoms with Crippen LogP contribution in [0.4, 0.5) is 13.2 Å². The Balaban J connectivity index is 1.43. The molecule has 0 aliphatic carbocycles. The fourth-order valence-electron chi connectivity index (χ4n) is 4.12. The Morgan fingerprint density at radius 3 is 2.56 bits per heavy atom. The zero-order valence-electron chi connectivity index (χ0n) is 17.8. The van der Waals surface area contributed by atoms with Crippen molar-refractivity contribution in [2.75, 3.05) is 13.1 Å². The minimum absolute atomic E-state index is 0.0591. The summed E-state index contributed by atoms with van der Waals surface area (Å²) < 4.78 is 38.4. The lowest BCUT2D eigenvalue weighted by atomic mass is 9.98. The van der Waals surface area contributed by atoms with E-state index in [0.717, 1.165) is 46.8 Å². The van der Waals surface area contributed by atoms with Crippen LogP contribution in [0.15, 0.2) is 60.8 Å². The minimum atomic E-state index is -4.33. The fourth-order valence-corrected chi connectivity index (χ4v) is 4.12. The molecule has 1 atom stereocenters. The fraction of sp³-hybridized carbons (Fsp3) is 0.320. The van der Waals surface area contributed by atoms with Gasteiger partial charge in [-0.1, -0.05) is 18.2 Å². The van der Waals surface area contributed by atoms with E-state index in [2.05, 4.69) is 9.97 Å². The molecule has 0 spiro atoms. The van der Waals surface area contributed by atoms with Crippen molar-refractivity contribution in [3.05, 3.63) is 94.6 Å². The zero-order valence-corrected chi connectivity index (χ0v) is 17.8. The Morgan fingerprint density at radius 2 is 1.88 bits per heavy atom. The molecule has 1 fully saturated rings. The molecule has 1 aliphatic heterocycles. The number of hydrogen-bond donors (Lipinski definition) is 0. The number of aryl methyl sites for hydroxylation is 1. The summed E-state index contributed by atoms with van der Waals surface area (Å²) in [6.45, 7) is 3.21. The third kappa shape index (κ3) is 5.33. The van der Waals surface area contributed by atoms with Crippen molar-refractivity contribution < 1.29 is 18.0 Å². The van der Waals surface area contributed by atoms with Gasteiger partial charge in [0.1, 0.15) is 0 Å². The predicted octanol–water partition coefficient (Wildman–Crippen LogP) is 4.95. The molecule has 166 valence electrons. The van der Waals surface area contributed by atoms with E-state index in [9.17, 15) is 18.0 Å². The van der Waals surface area contributed by atoms with Crippen LogP contribution in [0.1, 0.15) is 46.1 Å². The average molecular weight is 439 g/mol. The van der Waals surface area contributed by atoms with Gasteiger partial charge in [-0.05, 0) is 67.3 Å². The SMILES string of the molecule is Cc1cc(Cc2ccc(C(F)(F)F)cc2)cc(C2CCN(C(=O)Cc3ccccn3)C2)n1. The molecular weight excluding hydrogens is 415 g/mol. The van der Waals surface area contributed by atoms with Crippen molar-refractivity contribution in [3.8, 4) is 0 Å². The second kappa shape index (κ2) is 9.10. The van der Waals surface area contributed by atoms with Crippen LogP contribution in [-0.4, -0.2) is 33.9 Å². The van der Waals surface area contributed by atoms with Crippen LogP contribution in [0.3, 0.4) is 0 Å². The van der Waals surface area contributed by atoms with Crippen LogP contribution in [0.25, 0.3) is 0 Å². The highest BCUT2D eigenvalue weighted by Gasteiger charge is 2.30. The number of likely N-dealkylation sites (tertiary alicyclic amines) is 1. The van der Waals surface area contributed by atoms with E-state index in [4.69, 9.17) is 0 Å². The number of carbonyl (C=O) groups is 1. The normalized spacial score (nSPS) is 16.4. The van der Waals surface area contributed by atoms with Gasteiger partial charge >= 0.3 is 6.18 Å². The molecule has 2 aromatic heterocycles. The van der Waals surface area contributed by atoms with Gasteiger partial charge in [-0.25, -0.2) is 0 Å². The van der Waals surface area contributed by atoms with Gasteiger partial charge in [-0.3, -0.25) is 14.8 Å². The first-order valence-electron chi connectivity index (χ1n) is 10.6. The predicted molar refractivity (Wildman–Crippen MR) is 115 cm³/mol. The molecule has 3 heterocycles. The first-order valence-corrected chi connectivity index (χ1v) is 10.6. The minimum Gasteiger partial charge on any atom is -0.342 e. The zero-order chi connectivity index (χ0) is 22.7. The summed E-state index contributed by atoms with van der Waals surface area (Å²) in [6, 6.07) is 14.8. The van der Waals surface area contributed by atoms with Gasteiger partial charge in [0.15, 0.2) is 0 Å². The van der Waals surface area contributed by atoms with Crippen LogP contribution in [-0.2, 0) is 23.8 Å². The van der Waals surface area contributed by atoms with Gasteiger partial charge in [-0.15, -0.1) is 0 Å². The highest BCUT2D eigenvalue weighted by molar-refractivity contribution is 5.78. The topological polar surface area (TPSA) is 46.1 Å². The number of rotatable bonds is 5. The molecule has 0 saturated carbocycles. The number of pyridine rings is 2. The molecule has 3 aromatic rings. The molecule has 0 N–H and O–H groups in total. The molecule has 1 unspecified atom stereocenters. The Bertz CT molecular complexity index is 1080. The summed E-state index contributed by atoms with van der Waals surface area (Å²) in [5.41, 5.74) is 3.73. The molecule has 1 amide bonds. The maximum Gasteiger partial charge on any atom is 0.416 e. The number of benzene rings is 1. The summed E-state index contributed by atoms with van der Waals surface area (Å²) >= 11 is 0. The standard InChI is InChI=1S/C25H24F3N3O/c1-17-12-19(13-18-5-7-21(8-6-18)25(26,27)28)14-23(30-17)20-9-11-31(16-20)24(32)15-22-4-2-3-10-29-22/h2-8,10,12,14,20H,9,11,13,15-16H2,1H3. The molecular formula is C25H24F3N3O. The largest absolute Gasteiger partial charge is 0.416 e. The van der Waals surface area contributed by atoms with E-state index >= 15 is 0 Å². The summed E-state index contributed by atoms with van der Waals surface area (Å²) in [6.07, 6.45) is -0.993. The van der Waals surface area contributed by atoms with Gasteiger partial charge in [0, 0.05) is 42.3 Å². The molecule has 1 aliphatic rings. The first kappa shape index (κ1) is 22.0. The van der Waals surface area contributed by atoms with E-state index in [1.54, 1.807) is 6.20 Å². The molecule has 7 heteroatoms. The Morgan fingerprint density at radius 1 is 1.09 bits per heavy atom. The quantitative estimate of drug-likeness (QED) is 0.565. The van der Waals surface area contributed by atoms with Crippen LogP contribution in [0, 0.1) is 6.92 Å². The lowest BCUT2D eigenvalue weighted by Gasteiger charge is -2.17. The monoisotopic (exact) mass is 439 g/mol. The van der Waals surface area contributed by atoms with Crippen molar-refractivity contribution in [1.29, 1.82) is 0 Å². The molecule has 32 heavy (non-hydrogen) atoms. The van der Waals surface area contributed by atoms with Crippen molar-refractivity contribution in [2.24, 2.45) is 0 Å². The highest BCUT2D eigenvalue weighted by atomic mass is 19.4. The number of nitrogens with zero attached hydrogens (tertiary/aromatic N) is 3. The van der Waals surface area contributed by atoms with Crippen LogP contribution >= 0.6 is 0 Å². The van der Waals surface area contributed by atoms with Crippen molar-refractivity contribution in [3.63, 3.8) is 0 Å². The van der Waals surface area contributed by atoms with E-state index in [-0.39, 0.29) is 18.2 Å². The maximum atomic E-state index is 12.8. The third-order valence-electron chi connectivity index (χ3n) is 5.74. The van der Waals surface area contributed by atoms with Crippen LogP contribution in [0.5, 0.6) is 0 Å². The second-order valence-electron chi connectivity index (χ2n) is 8.24. The summed E-state index contributed by atoms with van der Waals surface area (Å²) in [5.74, 6) is 0.206. The number of aromatic nitrogens is 2. The molecule has 0 radical (unpaired) electrons. The lowest BCUT2D eigenvalue weighted by molar-refractivity contribution is -0.137. The van der Waals surface area contributed by atoms with Gasteiger partial charge in [0.25, 0.3) is 0 Å². The van der Waals surface area contributed by atoms with Gasteiger partial charge in [0.05, 0.1) is 12.0 Å². The van der Waals surface area contributed by atoms with Crippen molar-refractivity contribution in [1.82, 2.24) is 14.9 Å². The van der Waals surface area contributed by atoms with E-state index < -0.39 is 11.7 Å². The smallest absolute Gasteiger partial charge is 0.342 e. The summed E-state index contributed by atoms with van der Waals surface area (Å²) in [5, 5.41) is 0. The lowest BCUT2D eigenvalue weighted by Crippen LogP contribution is -2.30. The number of alkyl halides is 3. The Labute approximate surface area is 185 Å².